The third-order valence-corrected chi connectivity index (χ3v) is 5.97. The number of hydrogen-bond donors (Lipinski definition) is 2. The average Bonchev–Trinajstić information content (AvgIpc) is 3.43. The van der Waals surface area contributed by atoms with Gasteiger partial charge in [-0.25, -0.2) is 4.98 Å². The van der Waals surface area contributed by atoms with Crippen LogP contribution in [-0.4, -0.2) is 40.4 Å². The lowest BCUT2D eigenvalue weighted by atomic mass is 10.1. The van der Waals surface area contributed by atoms with E-state index < -0.39 is 0 Å². The number of ether oxygens (including phenoxy) is 3. The Morgan fingerprint density at radius 2 is 2.00 bits per heavy atom. The lowest BCUT2D eigenvalue weighted by Crippen LogP contribution is -2.36. The molecule has 0 spiro atoms. The first kappa shape index (κ1) is 18.5. The Balaban J connectivity index is 1.15. The first-order valence-corrected chi connectivity index (χ1v) is 10.7. The molecule has 1 atom stereocenters. The molecule has 0 saturated carbocycles. The summed E-state index contributed by atoms with van der Waals surface area (Å²) in [6.45, 7) is 4.04. The number of imidazole rings is 1. The van der Waals surface area contributed by atoms with E-state index in [1.54, 1.807) is 0 Å². The van der Waals surface area contributed by atoms with Crippen LogP contribution in [0.3, 0.4) is 0 Å². The molecule has 158 valence electrons. The van der Waals surface area contributed by atoms with Crippen molar-refractivity contribution in [2.75, 3.05) is 19.8 Å². The van der Waals surface area contributed by atoms with Crippen LogP contribution in [0.5, 0.6) is 11.5 Å². The molecule has 31 heavy (non-hydrogen) atoms. The maximum absolute atomic E-state index is 6.05. The third-order valence-electron chi connectivity index (χ3n) is 5.97. The Bertz CT molecular complexity index is 1230. The summed E-state index contributed by atoms with van der Waals surface area (Å²) in [7, 11) is 0. The fourth-order valence-electron chi connectivity index (χ4n) is 4.38. The van der Waals surface area contributed by atoms with Gasteiger partial charge in [0.05, 0.1) is 24.5 Å². The van der Waals surface area contributed by atoms with Crippen LogP contribution < -0.4 is 14.8 Å². The highest BCUT2D eigenvalue weighted by Crippen LogP contribution is 2.35. The van der Waals surface area contributed by atoms with E-state index >= 15 is 0 Å². The number of para-hydroxylation sites is 1. The SMILES string of the molecule is c1ccc2c(CNCC3Cn4c(-c5ccc6c(c5)OCCO6)cnc4CO3)c[nH]c2c1. The summed E-state index contributed by atoms with van der Waals surface area (Å²) in [6.07, 6.45) is 4.09. The van der Waals surface area contributed by atoms with E-state index in [-0.39, 0.29) is 6.10 Å². The average molecular weight is 416 g/mol. The third kappa shape index (κ3) is 3.45. The van der Waals surface area contributed by atoms with Crippen LogP contribution in [0.15, 0.2) is 54.9 Å². The van der Waals surface area contributed by atoms with Crippen molar-refractivity contribution in [3.05, 3.63) is 66.2 Å². The zero-order valence-corrected chi connectivity index (χ0v) is 17.1. The van der Waals surface area contributed by atoms with Gasteiger partial charge in [-0.1, -0.05) is 18.2 Å². The smallest absolute Gasteiger partial charge is 0.162 e. The topological polar surface area (TPSA) is 73.3 Å². The number of benzene rings is 2. The number of aromatic nitrogens is 3. The van der Waals surface area contributed by atoms with Gasteiger partial charge in [-0.3, -0.25) is 0 Å². The minimum absolute atomic E-state index is 0.0860. The zero-order valence-electron chi connectivity index (χ0n) is 17.1. The zero-order chi connectivity index (χ0) is 20.6. The van der Waals surface area contributed by atoms with Gasteiger partial charge in [0.15, 0.2) is 11.5 Å². The van der Waals surface area contributed by atoms with Gasteiger partial charge >= 0.3 is 0 Å². The summed E-state index contributed by atoms with van der Waals surface area (Å²) >= 11 is 0. The molecule has 4 aromatic rings. The Morgan fingerprint density at radius 1 is 1.10 bits per heavy atom. The lowest BCUT2D eigenvalue weighted by molar-refractivity contribution is 0.00327. The van der Waals surface area contributed by atoms with E-state index in [2.05, 4.69) is 50.3 Å². The quantitative estimate of drug-likeness (QED) is 0.521. The van der Waals surface area contributed by atoms with E-state index in [4.69, 9.17) is 14.2 Å². The van der Waals surface area contributed by atoms with Crippen molar-refractivity contribution in [3.63, 3.8) is 0 Å². The molecule has 0 aliphatic carbocycles. The largest absolute Gasteiger partial charge is 0.486 e. The highest BCUT2D eigenvalue weighted by molar-refractivity contribution is 5.82. The van der Waals surface area contributed by atoms with Crippen LogP contribution in [-0.2, 0) is 24.4 Å². The minimum Gasteiger partial charge on any atom is -0.486 e. The molecule has 2 aliphatic rings. The number of nitrogens with one attached hydrogen (secondary N) is 2. The van der Waals surface area contributed by atoms with Crippen molar-refractivity contribution in [1.82, 2.24) is 19.9 Å². The fraction of sp³-hybridized carbons (Fsp3) is 0.292. The molecule has 6 rings (SSSR count). The molecule has 2 aromatic heterocycles. The number of aromatic amines is 1. The van der Waals surface area contributed by atoms with Gasteiger partial charge in [-0.05, 0) is 29.8 Å². The first-order valence-electron chi connectivity index (χ1n) is 10.7. The summed E-state index contributed by atoms with van der Waals surface area (Å²) in [5, 5.41) is 4.82. The van der Waals surface area contributed by atoms with Gasteiger partial charge < -0.3 is 29.1 Å². The van der Waals surface area contributed by atoms with Crippen LogP contribution >= 0.6 is 0 Å². The summed E-state index contributed by atoms with van der Waals surface area (Å²) in [5.41, 5.74) is 4.60. The van der Waals surface area contributed by atoms with Gasteiger partial charge in [-0.15, -0.1) is 0 Å². The minimum atomic E-state index is 0.0860. The van der Waals surface area contributed by atoms with Crippen molar-refractivity contribution in [1.29, 1.82) is 0 Å². The predicted octanol–water partition coefficient (Wildman–Crippen LogP) is 3.49. The van der Waals surface area contributed by atoms with Crippen molar-refractivity contribution in [3.8, 4) is 22.8 Å². The van der Waals surface area contributed by atoms with Crippen molar-refractivity contribution in [2.45, 2.75) is 25.8 Å². The normalized spacial score (nSPS) is 17.6. The molecular weight excluding hydrogens is 392 g/mol. The Labute approximate surface area is 180 Å². The first-order chi connectivity index (χ1) is 15.3. The number of hydrogen-bond acceptors (Lipinski definition) is 5. The van der Waals surface area contributed by atoms with E-state index in [9.17, 15) is 0 Å². The fourth-order valence-corrected chi connectivity index (χ4v) is 4.38. The summed E-state index contributed by atoms with van der Waals surface area (Å²) in [5.74, 6) is 2.55. The van der Waals surface area contributed by atoms with Crippen LogP contribution in [0.25, 0.3) is 22.2 Å². The number of H-pyrrole nitrogens is 1. The van der Waals surface area contributed by atoms with Gasteiger partial charge in [0.25, 0.3) is 0 Å². The molecule has 0 radical (unpaired) electrons. The standard InChI is InChI=1S/C24H24N4O3/c1-2-4-20-19(3-1)17(11-26-20)10-25-12-18-14-28-21(13-27-24(28)15-31-18)16-5-6-22-23(9-16)30-8-7-29-22/h1-6,9,11,13,18,25-26H,7-8,10,12,14-15H2. The van der Waals surface area contributed by atoms with E-state index in [1.807, 2.05) is 24.4 Å². The molecule has 2 N–H and O–H groups in total. The van der Waals surface area contributed by atoms with Crippen LogP contribution in [0, 0.1) is 0 Å². The highest BCUT2D eigenvalue weighted by Gasteiger charge is 2.23. The molecule has 0 amide bonds. The van der Waals surface area contributed by atoms with Crippen LogP contribution in [0.1, 0.15) is 11.4 Å². The Morgan fingerprint density at radius 3 is 2.97 bits per heavy atom. The van der Waals surface area contributed by atoms with Gasteiger partial charge in [0.1, 0.15) is 25.6 Å². The maximum Gasteiger partial charge on any atom is 0.162 e. The Hall–Kier alpha value is -3.29. The van der Waals surface area contributed by atoms with Gasteiger partial charge in [0, 0.05) is 35.8 Å². The second-order valence-corrected chi connectivity index (χ2v) is 7.95. The second kappa shape index (κ2) is 7.76. The maximum atomic E-state index is 6.05. The second-order valence-electron chi connectivity index (χ2n) is 7.95. The molecule has 7 heteroatoms. The molecule has 1 unspecified atom stereocenters. The van der Waals surface area contributed by atoms with Crippen molar-refractivity contribution in [2.24, 2.45) is 0 Å². The van der Waals surface area contributed by atoms with Crippen LogP contribution in [0.2, 0.25) is 0 Å². The molecule has 0 bridgehead atoms. The molecule has 0 fully saturated rings. The monoisotopic (exact) mass is 416 g/mol. The predicted molar refractivity (Wildman–Crippen MR) is 117 cm³/mol. The number of fused-ring (bicyclic) bond motifs is 3. The molecule has 0 saturated heterocycles. The van der Waals surface area contributed by atoms with Crippen LogP contribution in [0.4, 0.5) is 0 Å². The molecular formula is C24H24N4O3. The lowest BCUT2D eigenvalue weighted by Gasteiger charge is -2.26. The van der Waals surface area contributed by atoms with Crippen molar-refractivity contribution >= 4 is 10.9 Å². The Kier molecular flexibility index (Phi) is 4.62. The molecule has 2 aromatic carbocycles. The number of rotatable bonds is 5. The number of nitrogens with zero attached hydrogens (tertiary/aromatic N) is 2. The van der Waals surface area contributed by atoms with Gasteiger partial charge in [0.2, 0.25) is 0 Å². The molecule has 7 nitrogen and oxygen atoms in total. The van der Waals surface area contributed by atoms with E-state index in [1.165, 1.54) is 16.5 Å². The molecule has 4 heterocycles. The van der Waals surface area contributed by atoms with Crippen molar-refractivity contribution < 1.29 is 14.2 Å². The summed E-state index contributed by atoms with van der Waals surface area (Å²) in [4.78, 5) is 7.91. The molecule has 2 aliphatic heterocycles. The van der Waals surface area contributed by atoms with E-state index in [0.717, 1.165) is 48.2 Å². The highest BCUT2D eigenvalue weighted by atomic mass is 16.6. The summed E-state index contributed by atoms with van der Waals surface area (Å²) in [6, 6.07) is 14.5. The van der Waals surface area contributed by atoms with E-state index in [0.29, 0.717) is 19.8 Å². The summed E-state index contributed by atoms with van der Waals surface area (Å²) < 4.78 is 19.7. The van der Waals surface area contributed by atoms with Gasteiger partial charge in [-0.2, -0.15) is 0 Å².